The van der Waals surface area contributed by atoms with Gasteiger partial charge in [0, 0.05) is 20.1 Å². The van der Waals surface area contributed by atoms with Gasteiger partial charge in [0.1, 0.15) is 5.75 Å². The van der Waals surface area contributed by atoms with Crippen molar-refractivity contribution < 1.29 is 4.74 Å². The third kappa shape index (κ3) is 2.10. The molecule has 1 saturated heterocycles. The van der Waals surface area contributed by atoms with Crippen molar-refractivity contribution in [3.63, 3.8) is 0 Å². The highest BCUT2D eigenvalue weighted by atomic mass is 16.5. The van der Waals surface area contributed by atoms with Gasteiger partial charge in [0.15, 0.2) is 0 Å². The number of ether oxygens (including phenoxy) is 1. The lowest BCUT2D eigenvalue weighted by molar-refractivity contribution is 0.303. The molecule has 1 aromatic carbocycles. The molecule has 0 saturated carbocycles. The van der Waals surface area contributed by atoms with Crippen LogP contribution in [0.5, 0.6) is 5.75 Å². The van der Waals surface area contributed by atoms with Crippen LogP contribution in [-0.2, 0) is 6.42 Å². The number of fused-ring (bicyclic) bond motifs is 1. The molecule has 0 aliphatic carbocycles. The SMILES string of the molecule is COc1ccc(C)c2c1N(C)CCC1(CCNC1)C2. The first-order chi connectivity index (χ1) is 9.15. The lowest BCUT2D eigenvalue weighted by atomic mass is 9.78. The third-order valence-electron chi connectivity index (χ3n) is 4.94. The molecule has 2 heterocycles. The summed E-state index contributed by atoms with van der Waals surface area (Å²) >= 11 is 0. The first kappa shape index (κ1) is 12.8. The fourth-order valence-electron chi connectivity index (χ4n) is 3.66. The highest BCUT2D eigenvalue weighted by Crippen LogP contribution is 2.44. The number of hydrogen-bond donors (Lipinski definition) is 1. The van der Waals surface area contributed by atoms with Crippen molar-refractivity contribution >= 4 is 5.69 Å². The topological polar surface area (TPSA) is 24.5 Å². The highest BCUT2D eigenvalue weighted by Gasteiger charge is 2.38. The number of nitrogens with one attached hydrogen (secondary N) is 1. The monoisotopic (exact) mass is 260 g/mol. The molecule has 0 bridgehead atoms. The molecule has 1 atom stereocenters. The van der Waals surface area contributed by atoms with Gasteiger partial charge in [-0.1, -0.05) is 6.07 Å². The van der Waals surface area contributed by atoms with Crippen molar-refractivity contribution in [3.8, 4) is 5.75 Å². The molecular formula is C16H24N2O. The van der Waals surface area contributed by atoms with E-state index in [1.807, 2.05) is 0 Å². The Morgan fingerprint density at radius 3 is 2.84 bits per heavy atom. The number of aryl methyl sites for hydroxylation is 1. The Morgan fingerprint density at radius 2 is 2.16 bits per heavy atom. The van der Waals surface area contributed by atoms with E-state index in [1.165, 1.54) is 42.6 Å². The number of nitrogens with zero attached hydrogens (tertiary/aromatic N) is 1. The molecular weight excluding hydrogens is 236 g/mol. The smallest absolute Gasteiger partial charge is 0.142 e. The Bertz CT molecular complexity index is 478. The molecule has 104 valence electrons. The van der Waals surface area contributed by atoms with Gasteiger partial charge in [-0.2, -0.15) is 0 Å². The van der Waals surface area contributed by atoms with E-state index in [0.717, 1.165) is 18.8 Å². The van der Waals surface area contributed by atoms with Crippen LogP contribution in [0.2, 0.25) is 0 Å². The molecule has 2 aliphatic heterocycles. The van der Waals surface area contributed by atoms with E-state index in [0.29, 0.717) is 5.41 Å². The van der Waals surface area contributed by atoms with Crippen LogP contribution in [0.3, 0.4) is 0 Å². The summed E-state index contributed by atoms with van der Waals surface area (Å²) in [6, 6.07) is 4.31. The van der Waals surface area contributed by atoms with Crippen molar-refractivity contribution in [2.24, 2.45) is 5.41 Å². The summed E-state index contributed by atoms with van der Waals surface area (Å²) in [5, 5.41) is 3.55. The van der Waals surface area contributed by atoms with Crippen molar-refractivity contribution in [1.82, 2.24) is 5.32 Å². The van der Waals surface area contributed by atoms with Gasteiger partial charge in [-0.3, -0.25) is 0 Å². The molecule has 1 aromatic rings. The predicted octanol–water partition coefficient (Wildman–Crippen LogP) is 2.37. The summed E-state index contributed by atoms with van der Waals surface area (Å²) in [6.07, 6.45) is 3.76. The Kier molecular flexibility index (Phi) is 3.17. The zero-order valence-electron chi connectivity index (χ0n) is 12.3. The van der Waals surface area contributed by atoms with Gasteiger partial charge >= 0.3 is 0 Å². The molecule has 1 fully saturated rings. The van der Waals surface area contributed by atoms with E-state index in [2.05, 4.69) is 36.3 Å². The average Bonchev–Trinajstić information content (AvgIpc) is 2.81. The summed E-state index contributed by atoms with van der Waals surface area (Å²) < 4.78 is 5.59. The van der Waals surface area contributed by atoms with E-state index in [4.69, 9.17) is 4.74 Å². The van der Waals surface area contributed by atoms with Gasteiger partial charge in [-0.25, -0.2) is 0 Å². The first-order valence-electron chi connectivity index (χ1n) is 7.23. The fourth-order valence-corrected chi connectivity index (χ4v) is 3.66. The van der Waals surface area contributed by atoms with Crippen LogP contribution in [0, 0.1) is 12.3 Å². The zero-order chi connectivity index (χ0) is 13.5. The van der Waals surface area contributed by atoms with Crippen LogP contribution in [0.25, 0.3) is 0 Å². The lowest BCUT2D eigenvalue weighted by Crippen LogP contribution is -2.28. The van der Waals surface area contributed by atoms with E-state index in [1.54, 1.807) is 7.11 Å². The quantitative estimate of drug-likeness (QED) is 0.839. The van der Waals surface area contributed by atoms with Crippen molar-refractivity contribution in [2.45, 2.75) is 26.2 Å². The predicted molar refractivity (Wildman–Crippen MR) is 79.2 cm³/mol. The normalized spacial score (nSPS) is 26.4. The van der Waals surface area contributed by atoms with Crippen molar-refractivity contribution in [1.29, 1.82) is 0 Å². The van der Waals surface area contributed by atoms with E-state index < -0.39 is 0 Å². The van der Waals surface area contributed by atoms with Gasteiger partial charge in [-0.15, -0.1) is 0 Å². The average molecular weight is 260 g/mol. The molecule has 0 aromatic heterocycles. The first-order valence-corrected chi connectivity index (χ1v) is 7.23. The van der Waals surface area contributed by atoms with Crippen LogP contribution < -0.4 is 15.0 Å². The second-order valence-corrected chi connectivity index (χ2v) is 6.19. The van der Waals surface area contributed by atoms with Crippen LogP contribution in [-0.4, -0.2) is 33.8 Å². The maximum atomic E-state index is 5.59. The number of rotatable bonds is 1. The molecule has 0 amide bonds. The Balaban J connectivity index is 2.09. The molecule has 1 spiro atoms. The minimum atomic E-state index is 0.455. The maximum absolute atomic E-state index is 5.59. The van der Waals surface area contributed by atoms with Crippen LogP contribution in [0.15, 0.2) is 12.1 Å². The summed E-state index contributed by atoms with van der Waals surface area (Å²) in [4.78, 5) is 2.38. The van der Waals surface area contributed by atoms with Crippen molar-refractivity contribution in [3.05, 3.63) is 23.3 Å². The molecule has 3 rings (SSSR count). The molecule has 3 heteroatoms. The summed E-state index contributed by atoms with van der Waals surface area (Å²) in [6.45, 7) is 5.68. The van der Waals surface area contributed by atoms with E-state index >= 15 is 0 Å². The number of anilines is 1. The van der Waals surface area contributed by atoms with Gasteiger partial charge in [0.2, 0.25) is 0 Å². The van der Waals surface area contributed by atoms with E-state index in [9.17, 15) is 0 Å². The number of methoxy groups -OCH3 is 1. The maximum Gasteiger partial charge on any atom is 0.142 e. The number of hydrogen-bond acceptors (Lipinski definition) is 3. The molecule has 0 radical (unpaired) electrons. The Labute approximate surface area is 115 Å². The van der Waals surface area contributed by atoms with Crippen LogP contribution in [0.1, 0.15) is 24.0 Å². The minimum absolute atomic E-state index is 0.455. The van der Waals surface area contributed by atoms with Gasteiger partial charge < -0.3 is 15.0 Å². The highest BCUT2D eigenvalue weighted by molar-refractivity contribution is 5.66. The molecule has 1 unspecified atom stereocenters. The molecule has 19 heavy (non-hydrogen) atoms. The second kappa shape index (κ2) is 4.71. The Hall–Kier alpha value is -1.22. The van der Waals surface area contributed by atoms with Gasteiger partial charge in [0.25, 0.3) is 0 Å². The summed E-state index contributed by atoms with van der Waals surface area (Å²) in [5.74, 6) is 1.02. The summed E-state index contributed by atoms with van der Waals surface area (Å²) in [5.41, 5.74) is 4.65. The minimum Gasteiger partial charge on any atom is -0.495 e. The molecule has 3 nitrogen and oxygen atoms in total. The largest absolute Gasteiger partial charge is 0.495 e. The molecule has 2 aliphatic rings. The number of benzene rings is 1. The van der Waals surface area contributed by atoms with E-state index in [-0.39, 0.29) is 0 Å². The van der Waals surface area contributed by atoms with Gasteiger partial charge in [0.05, 0.1) is 12.8 Å². The third-order valence-corrected chi connectivity index (χ3v) is 4.94. The molecule has 1 N–H and O–H groups in total. The van der Waals surface area contributed by atoms with Crippen LogP contribution in [0.4, 0.5) is 5.69 Å². The van der Waals surface area contributed by atoms with Crippen molar-refractivity contribution in [2.75, 3.05) is 38.7 Å². The van der Waals surface area contributed by atoms with Crippen LogP contribution >= 0.6 is 0 Å². The zero-order valence-corrected chi connectivity index (χ0v) is 12.3. The lowest BCUT2D eigenvalue weighted by Gasteiger charge is -2.26. The fraction of sp³-hybridized carbons (Fsp3) is 0.625. The summed E-state index contributed by atoms with van der Waals surface area (Å²) in [7, 11) is 3.97. The Morgan fingerprint density at radius 1 is 1.32 bits per heavy atom. The standard InChI is InChI=1S/C16H24N2O/c1-12-4-5-14(19-3)15-13(12)10-16(6-8-17-11-16)7-9-18(15)2/h4-5,17H,6-11H2,1-3H3. The van der Waals surface area contributed by atoms with Gasteiger partial charge in [-0.05, 0) is 55.3 Å². The second-order valence-electron chi connectivity index (χ2n) is 6.19.